The van der Waals surface area contributed by atoms with Gasteiger partial charge in [-0.2, -0.15) is 18.2 Å². The molecule has 0 spiro atoms. The van der Waals surface area contributed by atoms with Gasteiger partial charge in [0.15, 0.2) is 0 Å². The van der Waals surface area contributed by atoms with Gasteiger partial charge in [-0.3, -0.25) is 4.79 Å². The molecule has 0 radical (unpaired) electrons. The molecule has 4 rings (SSSR count). The highest BCUT2D eigenvalue weighted by Gasteiger charge is 2.38. The van der Waals surface area contributed by atoms with Crippen molar-refractivity contribution in [3.63, 3.8) is 0 Å². The number of benzene rings is 2. The van der Waals surface area contributed by atoms with Crippen LogP contribution in [0, 0.1) is 5.82 Å². The smallest absolute Gasteiger partial charge is 0.348 e. The van der Waals surface area contributed by atoms with Crippen LogP contribution in [0.4, 0.5) is 17.6 Å². The van der Waals surface area contributed by atoms with Crippen LogP contribution < -0.4 is 5.32 Å². The fourth-order valence-electron chi connectivity index (χ4n) is 3.63. The fourth-order valence-corrected chi connectivity index (χ4v) is 3.63. The van der Waals surface area contributed by atoms with Gasteiger partial charge in [-0.1, -0.05) is 49.3 Å². The van der Waals surface area contributed by atoms with E-state index < -0.39 is 12.1 Å². The first-order valence-electron chi connectivity index (χ1n) is 11.1. The first kappa shape index (κ1) is 25.4. The van der Waals surface area contributed by atoms with Crippen LogP contribution >= 0.6 is 0 Å². The van der Waals surface area contributed by atoms with Gasteiger partial charge in [0.1, 0.15) is 5.82 Å². The van der Waals surface area contributed by atoms with E-state index in [1.54, 1.807) is 12.1 Å². The van der Waals surface area contributed by atoms with E-state index in [2.05, 4.69) is 24.9 Å². The van der Waals surface area contributed by atoms with E-state index >= 15 is 0 Å². The molecule has 10 heteroatoms. The normalized spacial score (nSPS) is 16.1. The van der Waals surface area contributed by atoms with Crippen LogP contribution in [0.25, 0.3) is 11.4 Å². The maximum Gasteiger partial charge on any atom is 0.471 e. The Bertz CT molecular complexity index is 1080. The number of nitrogens with zero attached hydrogens (tertiary/aromatic N) is 3. The largest absolute Gasteiger partial charge is 0.471 e. The molecule has 2 heterocycles. The molecule has 6 nitrogen and oxygen atoms in total. The van der Waals surface area contributed by atoms with E-state index in [4.69, 9.17) is 0 Å². The molecular formula is C24H26F4N4O2. The molecule has 0 saturated carbocycles. The van der Waals surface area contributed by atoms with E-state index in [0.717, 1.165) is 13.0 Å². The molecule has 1 amide bonds. The molecule has 1 N–H and O–H groups in total. The maximum absolute atomic E-state index is 13.8. The van der Waals surface area contributed by atoms with Gasteiger partial charge in [-0.25, -0.2) is 4.39 Å². The molecule has 1 aliphatic heterocycles. The molecule has 1 aromatic heterocycles. The molecule has 0 aliphatic carbocycles. The first-order valence-corrected chi connectivity index (χ1v) is 11.1. The highest BCUT2D eigenvalue weighted by atomic mass is 19.4. The summed E-state index contributed by atoms with van der Waals surface area (Å²) < 4.78 is 55.7. The van der Waals surface area contributed by atoms with Gasteiger partial charge in [-0.05, 0) is 36.6 Å². The number of aromatic nitrogens is 2. The van der Waals surface area contributed by atoms with E-state index in [1.165, 1.54) is 30.3 Å². The van der Waals surface area contributed by atoms with Crippen LogP contribution in [0.5, 0.6) is 0 Å². The molecule has 3 aromatic rings. The van der Waals surface area contributed by atoms with E-state index in [0.29, 0.717) is 36.2 Å². The number of hydrogen-bond donors (Lipinski definition) is 1. The zero-order valence-electron chi connectivity index (χ0n) is 18.9. The summed E-state index contributed by atoms with van der Waals surface area (Å²) in [5, 5.41) is 6.29. The second-order valence-electron chi connectivity index (χ2n) is 7.60. The molecule has 1 atom stereocenters. The summed E-state index contributed by atoms with van der Waals surface area (Å²) in [6.45, 7) is 6.17. The minimum Gasteiger partial charge on any atom is -0.348 e. The van der Waals surface area contributed by atoms with Gasteiger partial charge in [0.2, 0.25) is 5.82 Å². The fraction of sp³-hybridized carbons (Fsp3) is 0.375. The van der Waals surface area contributed by atoms with Crippen molar-refractivity contribution in [1.82, 2.24) is 20.4 Å². The van der Waals surface area contributed by atoms with E-state index in [1.807, 2.05) is 19.9 Å². The molecule has 1 fully saturated rings. The summed E-state index contributed by atoms with van der Waals surface area (Å²) in [5.41, 5.74) is 1.35. The van der Waals surface area contributed by atoms with Crippen molar-refractivity contribution in [3.05, 3.63) is 71.4 Å². The third kappa shape index (κ3) is 6.40. The number of likely N-dealkylation sites (tertiary alicyclic amines) is 1. The van der Waals surface area contributed by atoms with E-state index in [9.17, 15) is 22.4 Å². The van der Waals surface area contributed by atoms with Gasteiger partial charge in [0, 0.05) is 36.8 Å². The van der Waals surface area contributed by atoms with Crippen molar-refractivity contribution in [2.24, 2.45) is 0 Å². The Balaban J connectivity index is 0.00000158. The zero-order valence-corrected chi connectivity index (χ0v) is 18.9. The Labute approximate surface area is 195 Å². The number of amides is 1. The summed E-state index contributed by atoms with van der Waals surface area (Å²) in [7, 11) is 0. The van der Waals surface area contributed by atoms with Gasteiger partial charge >= 0.3 is 12.1 Å². The number of rotatable bonds is 6. The molecule has 182 valence electrons. The lowest BCUT2D eigenvalue weighted by Gasteiger charge is -2.17. The first-order chi connectivity index (χ1) is 16.3. The van der Waals surface area contributed by atoms with Crippen molar-refractivity contribution in [2.45, 2.75) is 38.9 Å². The Hall–Kier alpha value is -3.27. The number of carbonyl (C=O) groups excluding carboxylic acids is 1. The molecule has 34 heavy (non-hydrogen) atoms. The summed E-state index contributed by atoms with van der Waals surface area (Å²) >= 11 is 0. The number of hydrogen-bond acceptors (Lipinski definition) is 5. The second-order valence-corrected chi connectivity index (χ2v) is 7.60. The summed E-state index contributed by atoms with van der Waals surface area (Å²) in [4.78, 5) is 18.0. The average molecular weight is 478 g/mol. The topological polar surface area (TPSA) is 71.3 Å². The van der Waals surface area contributed by atoms with Crippen molar-refractivity contribution >= 4 is 5.91 Å². The SMILES string of the molecule is CC.O=C(NC1CCN(CCc2ccccc2F)C1)c1ccc(-c2noc(C(F)(F)F)n2)cc1. The predicted octanol–water partition coefficient (Wildman–Crippen LogP) is 4.97. The Morgan fingerprint density at radius 2 is 1.85 bits per heavy atom. The van der Waals surface area contributed by atoms with Gasteiger partial charge in [0.05, 0.1) is 0 Å². The van der Waals surface area contributed by atoms with Crippen LogP contribution in [0.3, 0.4) is 0 Å². The van der Waals surface area contributed by atoms with Crippen molar-refractivity contribution in [2.75, 3.05) is 19.6 Å². The number of carbonyl (C=O) groups is 1. The molecule has 1 saturated heterocycles. The summed E-state index contributed by atoms with van der Waals surface area (Å²) in [6.07, 6.45) is -3.33. The monoisotopic (exact) mass is 478 g/mol. The number of alkyl halides is 3. The molecule has 1 aliphatic rings. The number of nitrogens with one attached hydrogen (secondary N) is 1. The molecule has 2 aromatic carbocycles. The molecular weight excluding hydrogens is 452 g/mol. The quantitative estimate of drug-likeness (QED) is 0.507. The average Bonchev–Trinajstić information content (AvgIpc) is 3.50. The van der Waals surface area contributed by atoms with Crippen LogP contribution in [0.1, 0.15) is 42.1 Å². The zero-order chi connectivity index (χ0) is 24.7. The number of halogens is 4. The lowest BCUT2D eigenvalue weighted by Crippen LogP contribution is -2.37. The van der Waals surface area contributed by atoms with Gasteiger partial charge in [0.25, 0.3) is 5.91 Å². The van der Waals surface area contributed by atoms with E-state index in [-0.39, 0.29) is 23.6 Å². The Morgan fingerprint density at radius 1 is 1.15 bits per heavy atom. The van der Waals surface area contributed by atoms with Crippen molar-refractivity contribution in [1.29, 1.82) is 0 Å². The third-order valence-corrected chi connectivity index (χ3v) is 5.34. The van der Waals surface area contributed by atoms with Crippen LogP contribution in [-0.2, 0) is 12.6 Å². The van der Waals surface area contributed by atoms with Gasteiger partial charge < -0.3 is 14.7 Å². The Morgan fingerprint density at radius 3 is 2.50 bits per heavy atom. The minimum absolute atomic E-state index is 0.0330. The Kier molecular flexibility index (Phi) is 8.38. The minimum atomic E-state index is -4.71. The highest BCUT2D eigenvalue weighted by molar-refractivity contribution is 5.94. The van der Waals surface area contributed by atoms with Gasteiger partial charge in [-0.15, -0.1) is 0 Å². The predicted molar refractivity (Wildman–Crippen MR) is 118 cm³/mol. The third-order valence-electron chi connectivity index (χ3n) is 5.34. The standard InChI is InChI=1S/C22H20F4N4O2.C2H6/c23-18-4-2-1-3-14(18)9-11-30-12-10-17(13-30)27-20(31)16-7-5-15(6-8-16)19-28-21(32-29-19)22(24,25)26;1-2/h1-8,17H,9-13H2,(H,27,31);1-2H3. The van der Waals surface area contributed by atoms with Crippen LogP contribution in [0.2, 0.25) is 0 Å². The van der Waals surface area contributed by atoms with Crippen molar-refractivity contribution < 1.29 is 26.9 Å². The second kappa shape index (κ2) is 11.2. The molecule has 1 unspecified atom stereocenters. The molecule has 0 bridgehead atoms. The summed E-state index contributed by atoms with van der Waals surface area (Å²) in [5.74, 6) is -2.11. The lowest BCUT2D eigenvalue weighted by molar-refractivity contribution is -0.159. The van der Waals surface area contributed by atoms with Crippen molar-refractivity contribution in [3.8, 4) is 11.4 Å². The lowest BCUT2D eigenvalue weighted by atomic mass is 10.1. The van der Waals surface area contributed by atoms with Crippen LogP contribution in [0.15, 0.2) is 53.1 Å². The summed E-state index contributed by atoms with van der Waals surface area (Å²) in [6, 6.07) is 12.6. The van der Waals surface area contributed by atoms with Crippen LogP contribution in [-0.4, -0.2) is 46.6 Å². The highest BCUT2D eigenvalue weighted by Crippen LogP contribution is 2.29. The maximum atomic E-state index is 13.8.